The smallest absolute Gasteiger partial charge is 0.196 e. The lowest BCUT2D eigenvalue weighted by atomic mass is 10.2. The predicted octanol–water partition coefficient (Wildman–Crippen LogP) is 5.64. The fourth-order valence-corrected chi connectivity index (χ4v) is 3.53. The van der Waals surface area contributed by atoms with Gasteiger partial charge in [0.05, 0.1) is 0 Å². The highest BCUT2D eigenvalue weighted by Gasteiger charge is 2.17. The van der Waals surface area contributed by atoms with E-state index in [2.05, 4.69) is 59.8 Å². The highest BCUT2D eigenvalue weighted by molar-refractivity contribution is 7.98. The molecule has 1 heterocycles. The summed E-state index contributed by atoms with van der Waals surface area (Å²) >= 11 is 7.65. The summed E-state index contributed by atoms with van der Waals surface area (Å²) in [5.41, 5.74) is 3.56. The lowest BCUT2D eigenvalue weighted by Crippen LogP contribution is -2.04. The third-order valence-corrected chi connectivity index (χ3v) is 4.97. The monoisotopic (exact) mass is 357 g/mol. The minimum atomic E-state index is 0.308. The third-order valence-electron chi connectivity index (χ3n) is 3.72. The molecule has 5 heteroatoms. The zero-order valence-corrected chi connectivity index (χ0v) is 15.6. The highest BCUT2D eigenvalue weighted by atomic mass is 35.5. The van der Waals surface area contributed by atoms with Crippen molar-refractivity contribution in [1.82, 2.24) is 14.8 Å². The Balaban J connectivity index is 1.92. The van der Waals surface area contributed by atoms with Gasteiger partial charge in [0.2, 0.25) is 0 Å². The Morgan fingerprint density at radius 1 is 1.08 bits per heavy atom. The summed E-state index contributed by atoms with van der Waals surface area (Å²) in [7, 11) is 0. The molecule has 0 bridgehead atoms. The maximum Gasteiger partial charge on any atom is 0.196 e. The maximum atomic E-state index is 5.95. The lowest BCUT2D eigenvalue weighted by molar-refractivity contribution is 0.732. The molecule has 2 aromatic carbocycles. The van der Waals surface area contributed by atoms with Crippen molar-refractivity contribution in [3.05, 3.63) is 70.5 Å². The molecule has 124 valence electrons. The Morgan fingerprint density at radius 2 is 1.83 bits per heavy atom. The first-order valence-electron chi connectivity index (χ1n) is 7.94. The van der Waals surface area contributed by atoms with Crippen LogP contribution in [0.5, 0.6) is 0 Å². The Morgan fingerprint density at radius 3 is 2.50 bits per heavy atom. The number of aryl methyl sites for hydroxylation is 1. The van der Waals surface area contributed by atoms with Gasteiger partial charge >= 0.3 is 0 Å². The van der Waals surface area contributed by atoms with E-state index in [0.29, 0.717) is 5.92 Å². The van der Waals surface area contributed by atoms with Crippen LogP contribution >= 0.6 is 23.4 Å². The number of aromatic nitrogens is 3. The number of nitrogens with zero attached hydrogens (tertiary/aromatic N) is 3. The van der Waals surface area contributed by atoms with Crippen LogP contribution in [-0.4, -0.2) is 14.8 Å². The van der Waals surface area contributed by atoms with Crippen LogP contribution in [0, 0.1) is 6.92 Å². The molecule has 3 nitrogen and oxygen atoms in total. The van der Waals surface area contributed by atoms with Gasteiger partial charge in [0.25, 0.3) is 0 Å². The van der Waals surface area contributed by atoms with E-state index in [1.54, 1.807) is 11.8 Å². The van der Waals surface area contributed by atoms with Gasteiger partial charge in [0.1, 0.15) is 5.82 Å². The molecule has 0 amide bonds. The molecule has 0 spiro atoms. The van der Waals surface area contributed by atoms with Crippen molar-refractivity contribution in [1.29, 1.82) is 0 Å². The fraction of sp³-hybridized carbons (Fsp3) is 0.263. The fourth-order valence-electron chi connectivity index (χ4n) is 2.49. The van der Waals surface area contributed by atoms with Crippen molar-refractivity contribution in [2.24, 2.45) is 0 Å². The molecule has 0 N–H and O–H groups in total. The third kappa shape index (κ3) is 3.82. The molecule has 1 aromatic heterocycles. The van der Waals surface area contributed by atoms with Crippen molar-refractivity contribution in [3.63, 3.8) is 0 Å². The molecule has 0 aliphatic carbocycles. The minimum Gasteiger partial charge on any atom is -0.274 e. The molecular weight excluding hydrogens is 338 g/mol. The molecule has 24 heavy (non-hydrogen) atoms. The van der Waals surface area contributed by atoms with Crippen LogP contribution in [0.25, 0.3) is 5.69 Å². The Labute approximate surface area is 152 Å². The molecule has 0 unspecified atom stereocenters. The van der Waals surface area contributed by atoms with Crippen molar-refractivity contribution in [2.75, 3.05) is 0 Å². The zero-order valence-electron chi connectivity index (χ0n) is 14.0. The van der Waals surface area contributed by atoms with E-state index in [1.807, 2.05) is 24.3 Å². The van der Waals surface area contributed by atoms with Crippen molar-refractivity contribution in [2.45, 2.75) is 37.6 Å². The highest BCUT2D eigenvalue weighted by Crippen LogP contribution is 2.28. The van der Waals surface area contributed by atoms with E-state index < -0.39 is 0 Å². The second kappa shape index (κ2) is 7.41. The predicted molar refractivity (Wildman–Crippen MR) is 101 cm³/mol. The molecule has 0 saturated carbocycles. The Bertz CT molecular complexity index is 825. The van der Waals surface area contributed by atoms with E-state index in [9.17, 15) is 0 Å². The molecule has 0 aliphatic rings. The van der Waals surface area contributed by atoms with Gasteiger partial charge in [-0.25, -0.2) is 0 Å². The molecule has 0 fully saturated rings. The number of hydrogen-bond donors (Lipinski definition) is 0. The van der Waals surface area contributed by atoms with Crippen LogP contribution in [0.15, 0.2) is 53.7 Å². The zero-order chi connectivity index (χ0) is 17.1. The SMILES string of the molecule is Cc1cccc(-n2c(SCc3ccc(Cl)cc3)nnc2C(C)C)c1. The van der Waals surface area contributed by atoms with Gasteiger partial charge in [0, 0.05) is 22.4 Å². The summed E-state index contributed by atoms with van der Waals surface area (Å²) in [4.78, 5) is 0. The van der Waals surface area contributed by atoms with Crippen molar-refractivity contribution >= 4 is 23.4 Å². The van der Waals surface area contributed by atoms with Crippen LogP contribution in [0.1, 0.15) is 36.7 Å². The van der Waals surface area contributed by atoms with Gasteiger partial charge in [-0.2, -0.15) is 0 Å². The summed E-state index contributed by atoms with van der Waals surface area (Å²) < 4.78 is 2.16. The average molecular weight is 358 g/mol. The molecule has 0 aliphatic heterocycles. The standard InChI is InChI=1S/C19H20ClN3S/c1-13(2)18-21-22-19(23(18)17-6-4-5-14(3)11-17)24-12-15-7-9-16(20)10-8-15/h4-11,13H,12H2,1-3H3. The van der Waals surface area contributed by atoms with Crippen LogP contribution < -0.4 is 0 Å². The minimum absolute atomic E-state index is 0.308. The summed E-state index contributed by atoms with van der Waals surface area (Å²) in [5.74, 6) is 2.13. The van der Waals surface area contributed by atoms with Crippen molar-refractivity contribution < 1.29 is 0 Å². The molecule has 0 atom stereocenters. The first kappa shape index (κ1) is 17.1. The number of halogens is 1. The molecule has 3 aromatic rings. The van der Waals surface area contributed by atoms with Gasteiger partial charge in [-0.1, -0.05) is 61.5 Å². The van der Waals surface area contributed by atoms with Crippen LogP contribution in [0.2, 0.25) is 5.02 Å². The van der Waals surface area contributed by atoms with Gasteiger partial charge in [-0.3, -0.25) is 4.57 Å². The number of hydrogen-bond acceptors (Lipinski definition) is 3. The topological polar surface area (TPSA) is 30.7 Å². The molecule has 0 saturated heterocycles. The average Bonchev–Trinajstić information content (AvgIpc) is 2.98. The van der Waals surface area contributed by atoms with E-state index >= 15 is 0 Å². The Hall–Kier alpha value is -1.78. The summed E-state index contributed by atoms with van der Waals surface area (Å²) in [5, 5.41) is 10.5. The first-order valence-corrected chi connectivity index (χ1v) is 9.30. The van der Waals surface area contributed by atoms with Crippen LogP contribution in [0.4, 0.5) is 0 Å². The lowest BCUT2D eigenvalue weighted by Gasteiger charge is -2.12. The van der Waals surface area contributed by atoms with Crippen LogP contribution in [-0.2, 0) is 5.75 Å². The summed E-state index contributed by atoms with van der Waals surface area (Å²) in [6.07, 6.45) is 0. The van der Waals surface area contributed by atoms with E-state index in [4.69, 9.17) is 11.6 Å². The number of rotatable bonds is 5. The number of benzene rings is 2. The maximum absolute atomic E-state index is 5.95. The molecular formula is C19H20ClN3S. The van der Waals surface area contributed by atoms with Gasteiger partial charge in [-0.15, -0.1) is 10.2 Å². The van der Waals surface area contributed by atoms with E-state index in [0.717, 1.165) is 27.4 Å². The largest absolute Gasteiger partial charge is 0.274 e. The second-order valence-electron chi connectivity index (χ2n) is 6.09. The second-order valence-corrected chi connectivity index (χ2v) is 7.46. The van der Waals surface area contributed by atoms with Gasteiger partial charge < -0.3 is 0 Å². The normalized spacial score (nSPS) is 11.2. The van der Waals surface area contributed by atoms with Crippen molar-refractivity contribution in [3.8, 4) is 5.69 Å². The number of thioether (sulfide) groups is 1. The Kier molecular flexibility index (Phi) is 5.27. The van der Waals surface area contributed by atoms with E-state index in [-0.39, 0.29) is 0 Å². The summed E-state index contributed by atoms with van der Waals surface area (Å²) in [6.45, 7) is 6.39. The van der Waals surface area contributed by atoms with Gasteiger partial charge in [0.15, 0.2) is 5.16 Å². The molecule has 3 rings (SSSR count). The van der Waals surface area contributed by atoms with Crippen LogP contribution in [0.3, 0.4) is 0 Å². The molecule has 0 radical (unpaired) electrons. The first-order chi connectivity index (χ1) is 11.5. The quantitative estimate of drug-likeness (QED) is 0.553. The summed E-state index contributed by atoms with van der Waals surface area (Å²) in [6, 6.07) is 16.4. The van der Waals surface area contributed by atoms with E-state index in [1.165, 1.54) is 11.1 Å². The van der Waals surface area contributed by atoms with Gasteiger partial charge in [-0.05, 0) is 42.3 Å².